The Labute approximate surface area is 246 Å². The number of anilines is 1. The average molecular weight is 610 g/mol. The number of ether oxygens (including phenoxy) is 2. The Morgan fingerprint density at radius 1 is 1.07 bits per heavy atom. The van der Waals surface area contributed by atoms with Crippen LogP contribution in [0, 0.1) is 18.3 Å². The zero-order chi connectivity index (χ0) is 28.1. The summed E-state index contributed by atoms with van der Waals surface area (Å²) in [6, 6.07) is 12.2. The SMILES string of the molecule is COc1cc2c(N[C@H](C)c3cccc(Br)c3)nc(C)nc2cc1OCCCCCCCNC(=O)CC12CC(C1)C2. The van der Waals surface area contributed by atoms with Gasteiger partial charge < -0.3 is 20.1 Å². The van der Waals surface area contributed by atoms with Gasteiger partial charge in [0.25, 0.3) is 0 Å². The normalized spacial score (nSPS) is 19.9. The first-order chi connectivity index (χ1) is 19.3. The lowest BCUT2D eigenvalue weighted by molar-refractivity contribution is -0.144. The van der Waals surface area contributed by atoms with Crippen molar-refractivity contribution >= 4 is 38.6 Å². The number of methoxy groups -OCH3 is 1. The second kappa shape index (κ2) is 12.8. The molecule has 1 aromatic heterocycles. The highest BCUT2D eigenvalue weighted by molar-refractivity contribution is 9.10. The van der Waals surface area contributed by atoms with Gasteiger partial charge in [0.05, 0.1) is 25.3 Å². The first-order valence-corrected chi connectivity index (χ1v) is 15.4. The van der Waals surface area contributed by atoms with Crippen LogP contribution >= 0.6 is 15.9 Å². The molecule has 1 atom stereocenters. The molecule has 2 bridgehead atoms. The molecule has 0 unspecified atom stereocenters. The maximum atomic E-state index is 12.1. The molecular formula is C32H41BrN4O3. The third-order valence-electron chi connectivity index (χ3n) is 8.40. The van der Waals surface area contributed by atoms with Crippen molar-refractivity contribution in [2.75, 3.05) is 25.6 Å². The largest absolute Gasteiger partial charge is 0.493 e. The van der Waals surface area contributed by atoms with E-state index in [4.69, 9.17) is 14.5 Å². The van der Waals surface area contributed by atoms with Gasteiger partial charge in [0, 0.05) is 28.9 Å². The van der Waals surface area contributed by atoms with Crippen LogP contribution in [-0.4, -0.2) is 36.1 Å². The summed E-state index contributed by atoms with van der Waals surface area (Å²) in [6.45, 7) is 5.44. The molecule has 7 nitrogen and oxygen atoms in total. The first-order valence-electron chi connectivity index (χ1n) is 14.6. The highest BCUT2D eigenvalue weighted by atomic mass is 79.9. The molecule has 0 spiro atoms. The molecule has 214 valence electrons. The van der Waals surface area contributed by atoms with E-state index in [-0.39, 0.29) is 11.9 Å². The summed E-state index contributed by atoms with van der Waals surface area (Å²) >= 11 is 3.56. The van der Waals surface area contributed by atoms with E-state index < -0.39 is 0 Å². The Bertz CT molecular complexity index is 1330. The highest BCUT2D eigenvalue weighted by Gasteiger charge is 2.56. The van der Waals surface area contributed by atoms with Gasteiger partial charge in [-0.2, -0.15) is 0 Å². The summed E-state index contributed by atoms with van der Waals surface area (Å²) in [4.78, 5) is 21.5. The predicted octanol–water partition coefficient (Wildman–Crippen LogP) is 7.52. The zero-order valence-corrected chi connectivity index (χ0v) is 25.5. The number of benzene rings is 2. The summed E-state index contributed by atoms with van der Waals surface area (Å²) in [5.41, 5.74) is 2.38. The van der Waals surface area contributed by atoms with Gasteiger partial charge >= 0.3 is 0 Å². The molecule has 0 radical (unpaired) electrons. The standard InChI is InChI=1S/C32H41BrN4O3/c1-21(24-10-9-11-25(33)14-24)35-31-26-15-28(39-3)29(16-27(26)36-22(2)37-31)40-13-8-6-4-5-7-12-34-30(38)20-32-17-23(18-32)19-32/h9-11,14-16,21,23H,4-8,12-13,17-20H2,1-3H3,(H,34,38)(H,35,36,37)/t21-,23?,32?/m1/s1. The van der Waals surface area contributed by atoms with Crippen LogP contribution < -0.4 is 20.1 Å². The number of hydrogen-bond acceptors (Lipinski definition) is 6. The lowest BCUT2D eigenvalue weighted by Crippen LogP contribution is -2.53. The van der Waals surface area contributed by atoms with Gasteiger partial charge in [-0.3, -0.25) is 4.79 Å². The van der Waals surface area contributed by atoms with Crippen LogP contribution in [0.25, 0.3) is 10.9 Å². The number of carbonyl (C=O) groups is 1. The number of fused-ring (bicyclic) bond motifs is 1. The van der Waals surface area contributed by atoms with Crippen LogP contribution in [0.5, 0.6) is 11.5 Å². The second-order valence-corrected chi connectivity index (χ2v) is 12.6. The van der Waals surface area contributed by atoms with E-state index in [0.29, 0.717) is 29.3 Å². The fourth-order valence-electron chi connectivity index (χ4n) is 6.14. The lowest BCUT2D eigenvalue weighted by Gasteiger charge is -2.61. The van der Waals surface area contributed by atoms with Crippen LogP contribution in [0.2, 0.25) is 0 Å². The molecule has 6 rings (SSSR count). The minimum absolute atomic E-state index is 0.0609. The van der Waals surface area contributed by atoms with Crippen LogP contribution in [0.4, 0.5) is 5.82 Å². The van der Waals surface area contributed by atoms with Crippen LogP contribution in [-0.2, 0) is 4.79 Å². The number of aryl methyl sites for hydroxylation is 1. The number of unbranched alkanes of at least 4 members (excludes halogenated alkanes) is 4. The summed E-state index contributed by atoms with van der Waals surface area (Å²) in [5, 5.41) is 7.57. The van der Waals surface area contributed by atoms with E-state index in [1.54, 1.807) is 7.11 Å². The highest BCUT2D eigenvalue weighted by Crippen LogP contribution is 2.66. The predicted molar refractivity (Wildman–Crippen MR) is 163 cm³/mol. The van der Waals surface area contributed by atoms with Crippen molar-refractivity contribution in [1.29, 1.82) is 0 Å². The molecule has 0 saturated heterocycles. The van der Waals surface area contributed by atoms with E-state index in [2.05, 4.69) is 50.6 Å². The maximum absolute atomic E-state index is 12.1. The number of aromatic nitrogens is 2. The Kier molecular flexibility index (Phi) is 9.13. The third kappa shape index (κ3) is 6.88. The lowest BCUT2D eigenvalue weighted by atomic mass is 9.43. The number of halogens is 1. The Morgan fingerprint density at radius 3 is 2.58 bits per heavy atom. The van der Waals surface area contributed by atoms with Crippen molar-refractivity contribution in [3.8, 4) is 11.5 Å². The number of carbonyl (C=O) groups excluding carboxylic acids is 1. The Hall–Kier alpha value is -2.87. The number of hydrogen-bond donors (Lipinski definition) is 2. The maximum Gasteiger partial charge on any atom is 0.220 e. The van der Waals surface area contributed by atoms with Gasteiger partial charge in [0.15, 0.2) is 11.5 Å². The van der Waals surface area contributed by atoms with Crippen molar-refractivity contribution in [3.63, 3.8) is 0 Å². The Balaban J connectivity index is 1.08. The molecule has 0 aliphatic heterocycles. The van der Waals surface area contributed by atoms with Gasteiger partial charge in [-0.15, -0.1) is 0 Å². The summed E-state index contributed by atoms with van der Waals surface area (Å²) in [6.07, 6.45) is 9.95. The quantitative estimate of drug-likeness (QED) is 0.174. The van der Waals surface area contributed by atoms with E-state index in [1.165, 1.54) is 19.3 Å². The second-order valence-electron chi connectivity index (χ2n) is 11.7. The topological polar surface area (TPSA) is 85.4 Å². The molecule has 8 heteroatoms. The van der Waals surface area contributed by atoms with Gasteiger partial charge in [-0.1, -0.05) is 47.3 Å². The monoisotopic (exact) mass is 608 g/mol. The fourth-order valence-corrected chi connectivity index (χ4v) is 6.56. The fraction of sp³-hybridized carbons (Fsp3) is 0.531. The molecule has 40 heavy (non-hydrogen) atoms. The molecule has 1 amide bonds. The minimum atomic E-state index is 0.0609. The van der Waals surface area contributed by atoms with E-state index in [9.17, 15) is 4.79 Å². The van der Waals surface area contributed by atoms with Crippen molar-refractivity contribution < 1.29 is 14.3 Å². The van der Waals surface area contributed by atoms with Crippen molar-refractivity contribution in [2.24, 2.45) is 11.3 Å². The van der Waals surface area contributed by atoms with Crippen LogP contribution in [0.3, 0.4) is 0 Å². The molecule has 3 saturated carbocycles. The van der Waals surface area contributed by atoms with Gasteiger partial charge in [-0.25, -0.2) is 9.97 Å². The van der Waals surface area contributed by atoms with Gasteiger partial charge in [-0.05, 0) is 81.0 Å². The molecule has 1 heterocycles. The Morgan fingerprint density at radius 2 is 1.85 bits per heavy atom. The average Bonchev–Trinajstić information content (AvgIpc) is 2.88. The molecule has 3 aliphatic rings. The molecule has 3 fully saturated rings. The number of nitrogens with zero attached hydrogens (tertiary/aromatic N) is 2. The van der Waals surface area contributed by atoms with E-state index >= 15 is 0 Å². The first kappa shape index (κ1) is 28.7. The molecule has 3 aliphatic carbocycles. The van der Waals surface area contributed by atoms with Crippen LogP contribution in [0.15, 0.2) is 40.9 Å². The molecule has 2 N–H and O–H groups in total. The van der Waals surface area contributed by atoms with E-state index in [1.807, 2.05) is 31.2 Å². The van der Waals surface area contributed by atoms with Crippen molar-refractivity contribution in [1.82, 2.24) is 15.3 Å². The van der Waals surface area contributed by atoms with Gasteiger partial charge in [0.2, 0.25) is 5.91 Å². The molecule has 3 aromatic rings. The molecule has 2 aromatic carbocycles. The number of rotatable bonds is 15. The smallest absolute Gasteiger partial charge is 0.220 e. The molecular weight excluding hydrogens is 568 g/mol. The van der Waals surface area contributed by atoms with Crippen molar-refractivity contribution in [2.45, 2.75) is 77.7 Å². The van der Waals surface area contributed by atoms with Crippen molar-refractivity contribution in [3.05, 3.63) is 52.3 Å². The number of nitrogens with one attached hydrogen (secondary N) is 2. The third-order valence-corrected chi connectivity index (χ3v) is 8.89. The summed E-state index contributed by atoms with van der Waals surface area (Å²) < 4.78 is 12.9. The summed E-state index contributed by atoms with van der Waals surface area (Å²) in [7, 11) is 1.66. The zero-order valence-electron chi connectivity index (χ0n) is 23.9. The van der Waals surface area contributed by atoms with E-state index in [0.717, 1.165) is 77.7 Å². The van der Waals surface area contributed by atoms with Gasteiger partial charge in [0.1, 0.15) is 11.6 Å². The summed E-state index contributed by atoms with van der Waals surface area (Å²) in [5.74, 6) is 4.03. The van der Waals surface area contributed by atoms with Crippen LogP contribution in [0.1, 0.15) is 82.1 Å². The minimum Gasteiger partial charge on any atom is -0.493 e. The number of amides is 1.